The van der Waals surface area contributed by atoms with Crippen molar-refractivity contribution in [3.05, 3.63) is 28.2 Å². The summed E-state index contributed by atoms with van der Waals surface area (Å²) in [6.07, 6.45) is 5.37. The summed E-state index contributed by atoms with van der Waals surface area (Å²) >= 11 is 3.41. The van der Waals surface area contributed by atoms with Crippen molar-refractivity contribution >= 4 is 21.9 Å². The van der Waals surface area contributed by atoms with Gasteiger partial charge in [-0.25, -0.2) is 4.79 Å². The molecule has 2 aliphatic carbocycles. The average Bonchev–Trinajstić information content (AvgIpc) is 2.99. The zero-order valence-corrected chi connectivity index (χ0v) is 12.2. The van der Waals surface area contributed by atoms with Crippen molar-refractivity contribution < 1.29 is 14.6 Å². The van der Waals surface area contributed by atoms with E-state index in [1.54, 1.807) is 18.2 Å². The molecule has 2 bridgehead atoms. The lowest BCUT2D eigenvalue weighted by atomic mass is 9.89. The van der Waals surface area contributed by atoms with Crippen LogP contribution in [0, 0.1) is 17.8 Å². The molecule has 0 amide bonds. The second-order valence-corrected chi connectivity index (χ2v) is 6.55. The third-order valence-corrected chi connectivity index (χ3v) is 5.17. The van der Waals surface area contributed by atoms with E-state index < -0.39 is 5.97 Å². The lowest BCUT2D eigenvalue weighted by Crippen LogP contribution is -2.18. The molecular formula is C15H17BrO3. The Bertz CT molecular complexity index is 500. The number of ether oxygens (including phenoxy) is 1. The summed E-state index contributed by atoms with van der Waals surface area (Å²) in [6, 6.07) is 4.91. The number of carboxylic acids is 1. The van der Waals surface area contributed by atoms with Crippen molar-refractivity contribution in [3.8, 4) is 5.75 Å². The zero-order valence-electron chi connectivity index (χ0n) is 10.6. The molecule has 19 heavy (non-hydrogen) atoms. The zero-order chi connectivity index (χ0) is 13.4. The fraction of sp³-hybridized carbons (Fsp3) is 0.533. The maximum absolute atomic E-state index is 11.0. The third kappa shape index (κ3) is 2.64. The van der Waals surface area contributed by atoms with Gasteiger partial charge in [0.2, 0.25) is 0 Å². The van der Waals surface area contributed by atoms with Gasteiger partial charge in [0.1, 0.15) is 5.75 Å². The van der Waals surface area contributed by atoms with Crippen molar-refractivity contribution in [3.63, 3.8) is 0 Å². The summed E-state index contributed by atoms with van der Waals surface area (Å²) in [5.41, 5.74) is 0.270. The lowest BCUT2D eigenvalue weighted by Gasteiger charge is -2.22. The van der Waals surface area contributed by atoms with Crippen LogP contribution in [-0.4, -0.2) is 17.7 Å². The molecule has 0 spiro atoms. The monoisotopic (exact) mass is 324 g/mol. The van der Waals surface area contributed by atoms with Crippen LogP contribution in [0.15, 0.2) is 22.7 Å². The van der Waals surface area contributed by atoms with Crippen molar-refractivity contribution in [2.24, 2.45) is 17.8 Å². The van der Waals surface area contributed by atoms with Gasteiger partial charge in [-0.05, 0) is 71.1 Å². The van der Waals surface area contributed by atoms with E-state index in [-0.39, 0.29) is 5.56 Å². The molecule has 3 unspecified atom stereocenters. The van der Waals surface area contributed by atoms with E-state index in [1.165, 1.54) is 25.7 Å². The summed E-state index contributed by atoms with van der Waals surface area (Å²) in [5.74, 6) is 2.11. The first kappa shape index (κ1) is 13.0. The van der Waals surface area contributed by atoms with Gasteiger partial charge in [0.25, 0.3) is 0 Å². The van der Waals surface area contributed by atoms with Gasteiger partial charge in [-0.1, -0.05) is 6.42 Å². The van der Waals surface area contributed by atoms with Gasteiger partial charge in [0.15, 0.2) is 0 Å². The Labute approximate surface area is 121 Å². The first-order valence-corrected chi connectivity index (χ1v) is 7.58. The number of rotatable bonds is 4. The molecule has 2 aliphatic rings. The van der Waals surface area contributed by atoms with Crippen LogP contribution in [0.25, 0.3) is 0 Å². The van der Waals surface area contributed by atoms with Crippen molar-refractivity contribution in [2.75, 3.05) is 6.61 Å². The van der Waals surface area contributed by atoms with Crippen LogP contribution in [0.1, 0.15) is 36.0 Å². The molecule has 1 aromatic carbocycles. The van der Waals surface area contributed by atoms with Crippen LogP contribution < -0.4 is 4.74 Å². The normalized spacial score (nSPS) is 28.6. The van der Waals surface area contributed by atoms with Crippen LogP contribution in [0.5, 0.6) is 5.75 Å². The van der Waals surface area contributed by atoms with Crippen molar-refractivity contribution in [1.82, 2.24) is 0 Å². The first-order chi connectivity index (χ1) is 9.13. The Kier molecular flexibility index (Phi) is 3.52. The number of carboxylic acid groups (broad SMARTS) is 1. The second-order valence-electron chi connectivity index (χ2n) is 5.70. The summed E-state index contributed by atoms with van der Waals surface area (Å²) in [5, 5.41) is 8.99. The number of benzene rings is 1. The molecule has 102 valence electrons. The molecule has 0 heterocycles. The smallest absolute Gasteiger partial charge is 0.335 e. The van der Waals surface area contributed by atoms with E-state index in [4.69, 9.17) is 9.84 Å². The molecule has 3 nitrogen and oxygen atoms in total. The fourth-order valence-corrected chi connectivity index (χ4v) is 3.89. The predicted molar refractivity (Wildman–Crippen MR) is 75.5 cm³/mol. The van der Waals surface area contributed by atoms with Crippen LogP contribution in [0.3, 0.4) is 0 Å². The maximum atomic E-state index is 11.0. The Balaban J connectivity index is 1.66. The molecule has 0 radical (unpaired) electrons. The van der Waals surface area contributed by atoms with E-state index >= 15 is 0 Å². The molecule has 0 aliphatic heterocycles. The fourth-order valence-electron chi connectivity index (χ4n) is 3.52. The standard InChI is InChI=1S/C15H17BrO3/c16-13-4-3-11(15(17)18)7-14(13)19-8-12-6-9-1-2-10(12)5-9/h3-4,7,9-10,12H,1-2,5-6,8H2,(H,17,18). The van der Waals surface area contributed by atoms with E-state index in [0.29, 0.717) is 18.3 Å². The van der Waals surface area contributed by atoms with Crippen LogP contribution in [0.4, 0.5) is 0 Å². The molecule has 1 aromatic rings. The summed E-state index contributed by atoms with van der Waals surface area (Å²) < 4.78 is 6.67. The summed E-state index contributed by atoms with van der Waals surface area (Å²) in [6.45, 7) is 0.711. The molecule has 0 aromatic heterocycles. The Morgan fingerprint density at radius 3 is 2.84 bits per heavy atom. The molecule has 1 N–H and O–H groups in total. The largest absolute Gasteiger partial charge is 0.492 e. The number of fused-ring (bicyclic) bond motifs is 2. The van der Waals surface area contributed by atoms with Crippen LogP contribution >= 0.6 is 15.9 Å². The number of hydrogen-bond donors (Lipinski definition) is 1. The Hall–Kier alpha value is -1.03. The van der Waals surface area contributed by atoms with Gasteiger partial charge in [0, 0.05) is 0 Å². The van der Waals surface area contributed by atoms with Crippen LogP contribution in [0.2, 0.25) is 0 Å². The van der Waals surface area contributed by atoms with Gasteiger partial charge < -0.3 is 9.84 Å². The highest BCUT2D eigenvalue weighted by atomic mass is 79.9. The number of aromatic carboxylic acids is 1. The Morgan fingerprint density at radius 1 is 1.37 bits per heavy atom. The highest BCUT2D eigenvalue weighted by molar-refractivity contribution is 9.10. The highest BCUT2D eigenvalue weighted by Gasteiger charge is 2.39. The molecule has 0 saturated heterocycles. The molecule has 2 saturated carbocycles. The van der Waals surface area contributed by atoms with E-state index in [1.807, 2.05) is 0 Å². The lowest BCUT2D eigenvalue weighted by molar-refractivity contribution is 0.0696. The van der Waals surface area contributed by atoms with Gasteiger partial charge >= 0.3 is 5.97 Å². The molecule has 2 fully saturated rings. The quantitative estimate of drug-likeness (QED) is 0.911. The first-order valence-electron chi connectivity index (χ1n) is 6.79. The minimum Gasteiger partial charge on any atom is -0.492 e. The molecular weight excluding hydrogens is 308 g/mol. The van der Waals surface area contributed by atoms with Gasteiger partial charge in [0.05, 0.1) is 16.6 Å². The van der Waals surface area contributed by atoms with Gasteiger partial charge in [-0.15, -0.1) is 0 Å². The average molecular weight is 325 g/mol. The van der Waals surface area contributed by atoms with E-state index in [2.05, 4.69) is 15.9 Å². The Morgan fingerprint density at radius 2 is 2.21 bits per heavy atom. The van der Waals surface area contributed by atoms with Gasteiger partial charge in [-0.2, -0.15) is 0 Å². The number of hydrogen-bond acceptors (Lipinski definition) is 2. The van der Waals surface area contributed by atoms with Gasteiger partial charge in [-0.3, -0.25) is 0 Å². The number of carbonyl (C=O) groups is 1. The second kappa shape index (κ2) is 5.16. The summed E-state index contributed by atoms with van der Waals surface area (Å²) in [4.78, 5) is 11.0. The topological polar surface area (TPSA) is 46.5 Å². The van der Waals surface area contributed by atoms with Crippen LogP contribution in [-0.2, 0) is 0 Å². The predicted octanol–water partition coefficient (Wildman–Crippen LogP) is 3.96. The van der Waals surface area contributed by atoms with E-state index in [0.717, 1.165) is 16.3 Å². The maximum Gasteiger partial charge on any atom is 0.335 e. The highest BCUT2D eigenvalue weighted by Crippen LogP contribution is 2.48. The van der Waals surface area contributed by atoms with Crippen molar-refractivity contribution in [2.45, 2.75) is 25.7 Å². The molecule has 3 rings (SSSR count). The number of halogens is 1. The SMILES string of the molecule is O=C(O)c1ccc(Br)c(OCC2CC3CCC2C3)c1. The third-order valence-electron chi connectivity index (χ3n) is 4.52. The van der Waals surface area contributed by atoms with E-state index in [9.17, 15) is 4.79 Å². The molecule has 3 atom stereocenters. The summed E-state index contributed by atoms with van der Waals surface area (Å²) in [7, 11) is 0. The minimum absolute atomic E-state index is 0.270. The van der Waals surface area contributed by atoms with Crippen molar-refractivity contribution in [1.29, 1.82) is 0 Å². The minimum atomic E-state index is -0.919. The molecule has 4 heteroatoms.